The van der Waals surface area contributed by atoms with Crippen molar-refractivity contribution in [2.75, 3.05) is 37.6 Å². The zero-order chi connectivity index (χ0) is 81.4. The number of anilines is 1. The average molecular weight is 1560 g/mol. The number of carbonyl (C=O) groups excluding carboxylic acids is 12. The summed E-state index contributed by atoms with van der Waals surface area (Å²) < 4.78 is 0. The zero-order valence-corrected chi connectivity index (χ0v) is 69.2. The van der Waals surface area contributed by atoms with Gasteiger partial charge in [0.1, 0.15) is 0 Å². The van der Waals surface area contributed by atoms with E-state index in [1.807, 2.05) is 12.1 Å². The van der Waals surface area contributed by atoms with Crippen LogP contribution in [0.25, 0.3) is 0 Å². The minimum absolute atomic E-state index is 0.0840. The molecule has 6 fully saturated rings. The van der Waals surface area contributed by atoms with Crippen molar-refractivity contribution in [1.29, 1.82) is 0 Å². The number of benzene rings is 1. The number of unbranched alkanes of at least 4 members (excludes halogenated alkanes) is 5. The van der Waals surface area contributed by atoms with Gasteiger partial charge < -0.3 is 0 Å². The van der Waals surface area contributed by atoms with Gasteiger partial charge in [-0.2, -0.15) is 0 Å². The van der Waals surface area contributed by atoms with E-state index in [0.29, 0.717) is 142 Å². The number of aryl methyl sites for hydroxylation is 1. The second kappa shape index (κ2) is 35.4. The van der Waals surface area contributed by atoms with Gasteiger partial charge in [0.05, 0.1) is 5.69 Å². The predicted octanol–water partition coefficient (Wildman–Crippen LogP) is 15.9. The van der Waals surface area contributed by atoms with Crippen molar-refractivity contribution < 1.29 is 57.5 Å². The van der Waals surface area contributed by atoms with Gasteiger partial charge in [-0.25, -0.2) is 4.90 Å². The second-order valence-electron chi connectivity index (χ2n) is 36.9. The highest BCUT2D eigenvalue weighted by Crippen LogP contribution is 2.50. The van der Waals surface area contributed by atoms with Crippen molar-refractivity contribution in [2.24, 2.45) is 107 Å². The van der Waals surface area contributed by atoms with Gasteiger partial charge in [-0.1, -0.05) is 117 Å². The number of fused-ring (bicyclic) bond motifs is 12. The molecule has 6 heterocycles. The smallest absolute Gasteiger partial charge is 0.261 e. The number of hydrogen-bond donors (Lipinski definition) is 0. The van der Waals surface area contributed by atoms with E-state index in [4.69, 9.17) is 0 Å². The first-order valence-electron chi connectivity index (χ1n) is 43.6. The number of hydrogen-bond acceptors (Lipinski definition) is 12. The highest BCUT2D eigenvalue weighted by Gasteiger charge is 2.45. The fourth-order valence-corrected chi connectivity index (χ4v) is 22.2. The van der Waals surface area contributed by atoms with Crippen LogP contribution in [0.2, 0.25) is 0 Å². The summed E-state index contributed by atoms with van der Waals surface area (Å²) >= 11 is 0. The van der Waals surface area contributed by atoms with E-state index in [2.05, 4.69) is 85.0 Å². The summed E-state index contributed by atoms with van der Waals surface area (Å²) in [5.41, 5.74) is 7.35. The molecule has 6 saturated carbocycles. The normalized spacial score (nSPS) is 32.7. The third-order valence-electron chi connectivity index (χ3n) is 29.7. The molecule has 0 spiro atoms. The maximum Gasteiger partial charge on any atom is 0.261 e. The van der Waals surface area contributed by atoms with E-state index >= 15 is 0 Å². The maximum atomic E-state index is 12.2. The van der Waals surface area contributed by atoms with Gasteiger partial charge in [0, 0.05) is 101 Å². The van der Waals surface area contributed by atoms with Crippen LogP contribution < -0.4 is 4.90 Å². The van der Waals surface area contributed by atoms with Crippen molar-refractivity contribution in [1.82, 2.24) is 24.5 Å². The van der Waals surface area contributed by atoms with Crippen LogP contribution in [-0.4, -0.2) is 128 Å². The largest absolute Gasteiger partial charge is 0.275 e. The summed E-state index contributed by atoms with van der Waals surface area (Å²) in [5, 5.41) is 0. The Kier molecular flexibility index (Phi) is 25.4. The molecule has 0 N–H and O–H groups in total. The molecule has 18 heteroatoms. The molecule has 0 radical (unpaired) electrons. The molecule has 18 nitrogen and oxygen atoms in total. The third-order valence-corrected chi connectivity index (χ3v) is 29.7. The summed E-state index contributed by atoms with van der Waals surface area (Å²) in [7, 11) is 0. The van der Waals surface area contributed by atoms with Crippen molar-refractivity contribution in [3.05, 3.63) is 171 Å². The average Bonchev–Trinajstić information content (AvgIpc) is 1.64. The maximum absolute atomic E-state index is 12.2. The van der Waals surface area contributed by atoms with Gasteiger partial charge in [-0.15, -0.1) is 0 Å². The van der Waals surface area contributed by atoms with Crippen LogP contribution in [0.5, 0.6) is 0 Å². The molecule has 18 atom stereocenters. The predicted molar refractivity (Wildman–Crippen MR) is 442 cm³/mol. The van der Waals surface area contributed by atoms with Crippen LogP contribution >= 0.6 is 0 Å². The Morgan fingerprint density at radius 2 is 0.565 bits per heavy atom. The molecule has 18 unspecified atom stereocenters. The fraction of sp³-hybridized carbons (Fsp3) is 0.567. The first-order chi connectivity index (χ1) is 55.2. The Morgan fingerprint density at radius 3 is 0.887 bits per heavy atom. The fourth-order valence-electron chi connectivity index (χ4n) is 22.2. The molecule has 19 rings (SSSR count). The van der Waals surface area contributed by atoms with Gasteiger partial charge in [0.2, 0.25) is 0 Å². The Morgan fingerprint density at radius 1 is 0.270 bits per heavy atom. The lowest BCUT2D eigenvalue weighted by molar-refractivity contribution is -0.139. The molecular formula is C97H120N6O12. The molecule has 115 heavy (non-hydrogen) atoms. The second-order valence-corrected chi connectivity index (χ2v) is 36.9. The molecule has 0 saturated heterocycles. The number of nitrogens with zero attached hydrogens (tertiary/aromatic N) is 6. The Bertz CT molecular complexity index is 4390. The Hall–Kier alpha value is -9.06. The first-order valence-corrected chi connectivity index (χ1v) is 43.6. The lowest BCUT2D eigenvalue weighted by atomic mass is 9.88. The Labute approximate surface area is 680 Å². The highest BCUT2D eigenvalue weighted by atomic mass is 16.2. The molecule has 12 amide bonds. The van der Waals surface area contributed by atoms with E-state index in [1.54, 1.807) is 62.3 Å². The van der Waals surface area contributed by atoms with Gasteiger partial charge in [-0.05, 0) is 302 Å². The van der Waals surface area contributed by atoms with E-state index in [1.165, 1.54) is 150 Å². The van der Waals surface area contributed by atoms with Crippen LogP contribution in [0.15, 0.2) is 166 Å². The molecule has 18 aliphatic rings. The molecule has 610 valence electrons. The molecule has 12 aliphatic carbocycles. The van der Waals surface area contributed by atoms with Crippen LogP contribution in [0.4, 0.5) is 5.69 Å². The lowest BCUT2D eigenvalue weighted by Crippen LogP contribution is -2.37. The lowest BCUT2D eigenvalue weighted by Gasteiger charge is -2.24. The van der Waals surface area contributed by atoms with Crippen molar-refractivity contribution >= 4 is 76.6 Å². The summed E-state index contributed by atoms with van der Waals surface area (Å²) in [6.07, 6.45) is 60.3. The molecule has 1 aromatic rings. The number of rotatable bonds is 23. The van der Waals surface area contributed by atoms with Crippen molar-refractivity contribution in [3.8, 4) is 0 Å². The van der Waals surface area contributed by atoms with Crippen molar-refractivity contribution in [2.45, 2.75) is 210 Å². The molecule has 1 aromatic carbocycles. The van der Waals surface area contributed by atoms with E-state index in [-0.39, 0.29) is 70.9 Å². The van der Waals surface area contributed by atoms with E-state index in [9.17, 15) is 57.5 Å². The molecular weight excluding hydrogens is 1440 g/mol. The number of carbonyl (C=O) groups is 12. The molecule has 0 aromatic heterocycles. The van der Waals surface area contributed by atoms with E-state index < -0.39 is 0 Å². The van der Waals surface area contributed by atoms with Gasteiger partial charge in [0.25, 0.3) is 70.9 Å². The monoisotopic (exact) mass is 1560 g/mol. The quantitative estimate of drug-likeness (QED) is 0.0567. The number of allylic oxidation sites excluding steroid dienone is 12. The zero-order valence-electron chi connectivity index (χ0n) is 69.2. The van der Waals surface area contributed by atoms with Crippen LogP contribution in [0, 0.1) is 107 Å². The van der Waals surface area contributed by atoms with Gasteiger partial charge in [0.15, 0.2) is 0 Å². The molecule has 6 aliphatic heterocycles. The van der Waals surface area contributed by atoms with Crippen LogP contribution in [-0.2, 0) is 64.0 Å². The summed E-state index contributed by atoms with van der Waals surface area (Å²) in [5.74, 6) is 11.6. The SMILES string of the molecule is CC1=C(C)C(=O)N(CC2CC3C=CC2C3)C1=O.CC1=C(C)C(=O)N(CCCCCC2CC3C=CC2C3)C1=O.CC1=C(C)C(=O)N(CCCCCCC2CC3C=CC2C3)C1=O.CC1=C(C)C(=O)N(c2ccc(CCC3CC4C=CC3C4)cc2)C1=O.CC1=CC(=O)N(CC2CC3C=CC2C3)C1=O.O=C1C=CC(=O)N1CC1CC2C=CC1C2. The van der Waals surface area contributed by atoms with Gasteiger partial charge >= 0.3 is 0 Å². The highest BCUT2D eigenvalue weighted by molar-refractivity contribution is 6.32. The number of amides is 12. The van der Waals surface area contributed by atoms with Crippen molar-refractivity contribution in [3.63, 3.8) is 0 Å². The first kappa shape index (κ1) is 82.5. The third kappa shape index (κ3) is 17.8. The van der Waals surface area contributed by atoms with Crippen LogP contribution in [0.3, 0.4) is 0 Å². The molecule has 12 bridgehead atoms. The minimum atomic E-state index is -0.195. The topological polar surface area (TPSA) is 224 Å². The number of imide groups is 6. The minimum Gasteiger partial charge on any atom is -0.275 e. The Balaban J connectivity index is 0.000000115. The summed E-state index contributed by atoms with van der Waals surface area (Å²) in [6.45, 7) is 18.6. The summed E-state index contributed by atoms with van der Waals surface area (Å²) in [6, 6.07) is 7.92. The standard InChI is InChI=1S/C21H23NO2.C19H27NO2.C18H25NO2.C14H17NO2.C13H15NO2.C12H13NO2/c1-13-14(2)21(24)22(20(13)23)19-9-5-15(6-10-19)3-7-17-11-16-4-8-18(17)12-16;1-13-14(2)19(22)20(18(13)21)10-6-4-3-5-7-16-11-15-8-9-17(16)12-15;1-12-13(2)18(21)19(17(12)20)9-5-3-4-6-15-10-14-7-8-16(15)11-14;1-8-9(2)14(17)15(13(8)16)7-12-6-10-3-4-11(12)5-10;1-8-4-12(15)14(13(8)16)7-11-6-9-2-3-10(11)5-9;14-11-3-4-12(15)13(11)7-10-6-8-1-2-9(10)5-8/h4-6,8-10,16-18H,3,7,11-12H2,1-2H3;8-9,15-17H,3-7,10-12H2,1-2H3;7-8,14-16H,3-6,9-11H2,1-2H3;3-4,10-12H,5-7H2,1-2H3;2-4,9-11H,5-7H2,1H3;1-4,8-10H,5-7H2. The summed E-state index contributed by atoms with van der Waals surface area (Å²) in [4.78, 5) is 151. The van der Waals surface area contributed by atoms with Gasteiger partial charge in [-0.3, -0.25) is 82.0 Å². The van der Waals surface area contributed by atoms with E-state index in [0.717, 1.165) is 105 Å². The van der Waals surface area contributed by atoms with Crippen LogP contribution in [0.1, 0.15) is 209 Å².